The standard InChI is InChI=1S/C15H19N3O2S.ClH/c1-10-17-14(9-21-10)11-3-5-12(6-4-11)18-15(19)7-13(8-16)20-2;/h3-6,9,13H,7-8,16H2,1-2H3,(H,18,19);1H. The summed E-state index contributed by atoms with van der Waals surface area (Å²) in [5.41, 5.74) is 8.25. The van der Waals surface area contributed by atoms with Crippen LogP contribution >= 0.6 is 23.7 Å². The molecule has 3 N–H and O–H groups in total. The van der Waals surface area contributed by atoms with Crippen LogP contribution in [0.5, 0.6) is 0 Å². The van der Waals surface area contributed by atoms with Crippen LogP contribution in [-0.4, -0.2) is 30.6 Å². The van der Waals surface area contributed by atoms with Gasteiger partial charge >= 0.3 is 0 Å². The van der Waals surface area contributed by atoms with Crippen molar-refractivity contribution in [2.24, 2.45) is 5.73 Å². The van der Waals surface area contributed by atoms with E-state index < -0.39 is 0 Å². The summed E-state index contributed by atoms with van der Waals surface area (Å²) in [6.45, 7) is 2.30. The Labute approximate surface area is 140 Å². The number of thiazole rings is 1. The minimum atomic E-state index is -0.248. The van der Waals surface area contributed by atoms with Crippen molar-refractivity contribution in [3.8, 4) is 11.3 Å². The fraction of sp³-hybridized carbons (Fsp3) is 0.333. The number of carbonyl (C=O) groups excluding carboxylic acids is 1. The Hall–Kier alpha value is -1.47. The van der Waals surface area contributed by atoms with E-state index in [0.29, 0.717) is 6.54 Å². The molecule has 120 valence electrons. The Morgan fingerprint density at radius 3 is 2.59 bits per heavy atom. The minimum Gasteiger partial charge on any atom is -0.380 e. The molecule has 0 saturated heterocycles. The van der Waals surface area contributed by atoms with Crippen molar-refractivity contribution in [3.05, 3.63) is 34.7 Å². The smallest absolute Gasteiger partial charge is 0.227 e. The van der Waals surface area contributed by atoms with Crippen LogP contribution < -0.4 is 11.1 Å². The molecule has 2 aromatic rings. The summed E-state index contributed by atoms with van der Waals surface area (Å²) in [7, 11) is 1.55. The van der Waals surface area contributed by atoms with Gasteiger partial charge in [0, 0.05) is 30.3 Å². The zero-order valence-electron chi connectivity index (χ0n) is 12.5. The fourth-order valence-corrected chi connectivity index (χ4v) is 2.52. The van der Waals surface area contributed by atoms with Crippen molar-refractivity contribution in [1.29, 1.82) is 0 Å². The van der Waals surface area contributed by atoms with E-state index in [2.05, 4.69) is 10.3 Å². The predicted molar refractivity (Wildman–Crippen MR) is 92.6 cm³/mol. The van der Waals surface area contributed by atoms with Gasteiger partial charge in [-0.05, 0) is 19.1 Å². The van der Waals surface area contributed by atoms with E-state index in [1.54, 1.807) is 18.4 Å². The number of amides is 1. The number of anilines is 1. The van der Waals surface area contributed by atoms with E-state index in [1.807, 2.05) is 36.6 Å². The summed E-state index contributed by atoms with van der Waals surface area (Å²) in [5, 5.41) is 5.89. The van der Waals surface area contributed by atoms with Gasteiger partial charge in [0.1, 0.15) is 0 Å². The van der Waals surface area contributed by atoms with Crippen molar-refractivity contribution >= 4 is 35.3 Å². The average molecular weight is 342 g/mol. The van der Waals surface area contributed by atoms with Gasteiger partial charge in [0.05, 0.1) is 23.2 Å². The van der Waals surface area contributed by atoms with Crippen LogP contribution in [0, 0.1) is 6.92 Å². The quantitative estimate of drug-likeness (QED) is 0.847. The number of rotatable bonds is 6. The highest BCUT2D eigenvalue weighted by molar-refractivity contribution is 7.09. The molecule has 7 heteroatoms. The maximum atomic E-state index is 11.8. The molecule has 0 aliphatic heterocycles. The number of benzene rings is 1. The molecule has 0 radical (unpaired) electrons. The van der Waals surface area contributed by atoms with Gasteiger partial charge in [-0.3, -0.25) is 4.79 Å². The molecule has 1 aromatic heterocycles. The topological polar surface area (TPSA) is 77.2 Å². The van der Waals surface area contributed by atoms with Gasteiger partial charge in [-0.2, -0.15) is 0 Å². The number of carbonyl (C=O) groups is 1. The molecule has 22 heavy (non-hydrogen) atoms. The summed E-state index contributed by atoms with van der Waals surface area (Å²) < 4.78 is 5.09. The molecule has 0 aliphatic rings. The number of nitrogens with zero attached hydrogens (tertiary/aromatic N) is 1. The Kier molecular flexibility index (Phi) is 7.47. The van der Waals surface area contributed by atoms with Crippen LogP contribution in [0.2, 0.25) is 0 Å². The van der Waals surface area contributed by atoms with E-state index >= 15 is 0 Å². The molecule has 1 amide bonds. The van der Waals surface area contributed by atoms with E-state index in [9.17, 15) is 4.79 Å². The molecule has 0 aliphatic carbocycles. The first-order valence-corrected chi connectivity index (χ1v) is 7.55. The predicted octanol–water partition coefficient (Wildman–Crippen LogP) is 2.84. The molecule has 1 unspecified atom stereocenters. The molecule has 0 fully saturated rings. The van der Waals surface area contributed by atoms with Crippen LogP contribution in [-0.2, 0) is 9.53 Å². The molecule has 1 aromatic carbocycles. The first kappa shape index (κ1) is 18.6. The van der Waals surface area contributed by atoms with E-state index in [0.717, 1.165) is 22.0 Å². The van der Waals surface area contributed by atoms with Crippen LogP contribution in [0.15, 0.2) is 29.6 Å². The number of ether oxygens (including phenoxy) is 1. The second-order valence-electron chi connectivity index (χ2n) is 4.67. The van der Waals surface area contributed by atoms with Crippen LogP contribution in [0.4, 0.5) is 5.69 Å². The second-order valence-corrected chi connectivity index (χ2v) is 5.74. The van der Waals surface area contributed by atoms with E-state index in [-0.39, 0.29) is 30.8 Å². The average Bonchev–Trinajstić information content (AvgIpc) is 2.92. The Balaban J connectivity index is 0.00000242. The van der Waals surface area contributed by atoms with Gasteiger partial charge in [-0.1, -0.05) is 12.1 Å². The van der Waals surface area contributed by atoms with Crippen molar-refractivity contribution in [2.75, 3.05) is 19.0 Å². The molecule has 1 heterocycles. The molecule has 0 saturated carbocycles. The highest BCUT2D eigenvalue weighted by atomic mass is 35.5. The second kappa shape index (κ2) is 8.85. The number of aromatic nitrogens is 1. The largest absolute Gasteiger partial charge is 0.380 e. The number of halogens is 1. The molecule has 0 bridgehead atoms. The molecular formula is C15H20ClN3O2S. The Morgan fingerprint density at radius 1 is 1.41 bits per heavy atom. The normalized spacial score (nSPS) is 11.6. The molecule has 2 rings (SSSR count). The maximum absolute atomic E-state index is 11.8. The number of hydrogen-bond donors (Lipinski definition) is 2. The van der Waals surface area contributed by atoms with Gasteiger partial charge < -0.3 is 15.8 Å². The summed E-state index contributed by atoms with van der Waals surface area (Å²) in [6, 6.07) is 7.63. The van der Waals surface area contributed by atoms with Gasteiger partial charge in [-0.15, -0.1) is 23.7 Å². The lowest BCUT2D eigenvalue weighted by molar-refractivity contribution is -0.118. The van der Waals surface area contributed by atoms with E-state index in [1.165, 1.54) is 0 Å². The number of hydrogen-bond acceptors (Lipinski definition) is 5. The molecule has 1 atom stereocenters. The lowest BCUT2D eigenvalue weighted by atomic mass is 10.1. The maximum Gasteiger partial charge on any atom is 0.227 e. The van der Waals surface area contributed by atoms with Crippen molar-refractivity contribution in [1.82, 2.24) is 4.98 Å². The number of methoxy groups -OCH3 is 1. The summed E-state index contributed by atoms with van der Waals surface area (Å²) >= 11 is 1.62. The summed E-state index contributed by atoms with van der Waals surface area (Å²) in [5.74, 6) is -0.107. The number of nitrogens with one attached hydrogen (secondary N) is 1. The third-order valence-electron chi connectivity index (χ3n) is 3.09. The minimum absolute atomic E-state index is 0. The van der Waals surface area contributed by atoms with Crippen molar-refractivity contribution in [2.45, 2.75) is 19.4 Å². The van der Waals surface area contributed by atoms with Crippen LogP contribution in [0.25, 0.3) is 11.3 Å². The molecular weight excluding hydrogens is 322 g/mol. The highest BCUT2D eigenvalue weighted by Gasteiger charge is 2.11. The number of nitrogens with two attached hydrogens (primary N) is 1. The molecule has 0 spiro atoms. The Bertz CT molecular complexity index is 597. The summed E-state index contributed by atoms with van der Waals surface area (Å²) in [4.78, 5) is 16.3. The van der Waals surface area contributed by atoms with Gasteiger partial charge in [-0.25, -0.2) is 4.98 Å². The van der Waals surface area contributed by atoms with Crippen molar-refractivity contribution < 1.29 is 9.53 Å². The van der Waals surface area contributed by atoms with Gasteiger partial charge in [0.15, 0.2) is 0 Å². The lowest BCUT2D eigenvalue weighted by Gasteiger charge is -2.12. The lowest BCUT2D eigenvalue weighted by Crippen LogP contribution is -2.28. The SMILES string of the molecule is COC(CN)CC(=O)Nc1ccc(-c2csc(C)n2)cc1.Cl. The first-order chi connectivity index (χ1) is 10.1. The number of aryl methyl sites for hydroxylation is 1. The first-order valence-electron chi connectivity index (χ1n) is 6.67. The van der Waals surface area contributed by atoms with Gasteiger partial charge in [0.25, 0.3) is 0 Å². The zero-order valence-corrected chi connectivity index (χ0v) is 14.2. The highest BCUT2D eigenvalue weighted by Crippen LogP contribution is 2.23. The third-order valence-corrected chi connectivity index (χ3v) is 3.87. The van der Waals surface area contributed by atoms with Crippen LogP contribution in [0.3, 0.4) is 0 Å². The summed E-state index contributed by atoms with van der Waals surface area (Å²) in [6.07, 6.45) is 0.00212. The molecule has 5 nitrogen and oxygen atoms in total. The fourth-order valence-electron chi connectivity index (χ4n) is 1.90. The zero-order chi connectivity index (χ0) is 15.2. The van der Waals surface area contributed by atoms with Gasteiger partial charge in [0.2, 0.25) is 5.91 Å². The van der Waals surface area contributed by atoms with E-state index in [4.69, 9.17) is 10.5 Å². The van der Waals surface area contributed by atoms with Crippen LogP contribution in [0.1, 0.15) is 11.4 Å². The Morgan fingerprint density at radius 2 is 2.09 bits per heavy atom. The monoisotopic (exact) mass is 341 g/mol. The third kappa shape index (κ3) is 5.06. The van der Waals surface area contributed by atoms with Crippen molar-refractivity contribution in [3.63, 3.8) is 0 Å².